The third-order valence-corrected chi connectivity index (χ3v) is 5.52. The minimum absolute atomic E-state index is 0.0297. The first-order valence-corrected chi connectivity index (χ1v) is 11.0. The molecule has 32 heavy (non-hydrogen) atoms. The van der Waals surface area contributed by atoms with Gasteiger partial charge in [-0.05, 0) is 24.5 Å². The second-order valence-corrected chi connectivity index (χ2v) is 8.60. The van der Waals surface area contributed by atoms with Crippen molar-refractivity contribution in [2.75, 3.05) is 23.7 Å². The molecule has 0 spiro atoms. The molecule has 3 heterocycles. The van der Waals surface area contributed by atoms with Crippen molar-refractivity contribution in [2.24, 2.45) is 11.8 Å². The Bertz CT molecular complexity index is 1070. The molecule has 2 aromatic heterocycles. The van der Waals surface area contributed by atoms with Crippen molar-refractivity contribution in [2.45, 2.75) is 53.1 Å². The molecule has 2 aromatic rings. The van der Waals surface area contributed by atoms with E-state index in [4.69, 9.17) is 10.2 Å². The quantitative estimate of drug-likeness (QED) is 0.601. The fourth-order valence-electron chi connectivity index (χ4n) is 3.93. The fraction of sp³-hybridized carbons (Fsp3) is 0.545. The Morgan fingerprint density at radius 3 is 2.72 bits per heavy atom. The lowest BCUT2D eigenvalue weighted by atomic mass is 10.1. The molecule has 1 fully saturated rings. The number of H-pyrrole nitrogens is 1. The van der Waals surface area contributed by atoms with Crippen LogP contribution in [0.4, 0.5) is 11.5 Å². The monoisotopic (exact) mass is 445 g/mol. The number of nitrogens with one attached hydrogen (secondary N) is 1. The van der Waals surface area contributed by atoms with Crippen LogP contribution in [0.15, 0.2) is 32.4 Å². The first-order chi connectivity index (χ1) is 15.2. The number of aromatic amines is 1. The third kappa shape index (κ3) is 4.95. The Hall–Kier alpha value is -3.30. The second-order valence-electron chi connectivity index (χ2n) is 8.60. The predicted octanol–water partition coefficient (Wildman–Crippen LogP) is 1.55. The van der Waals surface area contributed by atoms with Gasteiger partial charge in [0.05, 0.1) is 18.7 Å². The number of amides is 2. The number of nitrogen functional groups attached to an aromatic ring is 1. The number of carbonyl (C=O) groups excluding carboxylic acids is 2. The number of aromatic nitrogens is 2. The Kier molecular flexibility index (Phi) is 7.22. The molecular formula is C22H31N5O5. The van der Waals surface area contributed by atoms with Gasteiger partial charge in [-0.2, -0.15) is 0 Å². The number of anilines is 2. The van der Waals surface area contributed by atoms with Crippen molar-refractivity contribution in [3.8, 4) is 0 Å². The molecule has 10 heteroatoms. The zero-order valence-corrected chi connectivity index (χ0v) is 18.8. The standard InChI is InChI=1S/C22H31N5O5/c1-4-5-8-26-19(23)18(20(29)24-22(26)31)27(11-14(2)3)21(30)15-10-17(28)25(12-15)13-16-7-6-9-32-16/h6-7,9,14-15H,4-5,8,10-13,23H2,1-3H3,(H,24,29,31)/t15-/m0/s1. The molecule has 3 N–H and O–H groups in total. The molecule has 0 radical (unpaired) electrons. The molecule has 1 aliphatic heterocycles. The van der Waals surface area contributed by atoms with Crippen LogP contribution < -0.4 is 21.9 Å². The van der Waals surface area contributed by atoms with E-state index in [0.717, 1.165) is 6.42 Å². The van der Waals surface area contributed by atoms with E-state index >= 15 is 0 Å². The topological polar surface area (TPSA) is 135 Å². The maximum atomic E-state index is 13.5. The number of unbranched alkanes of at least 4 members (excludes halogenated alkanes) is 1. The minimum atomic E-state index is -0.703. The molecule has 0 bridgehead atoms. The summed E-state index contributed by atoms with van der Waals surface area (Å²) in [6, 6.07) is 3.51. The van der Waals surface area contributed by atoms with Gasteiger partial charge in [-0.1, -0.05) is 27.2 Å². The molecule has 0 aromatic carbocycles. The molecule has 3 rings (SSSR count). The zero-order valence-electron chi connectivity index (χ0n) is 18.8. The maximum absolute atomic E-state index is 13.5. The highest BCUT2D eigenvalue weighted by Gasteiger charge is 2.38. The molecule has 2 amide bonds. The van der Waals surface area contributed by atoms with Crippen molar-refractivity contribution >= 4 is 23.3 Å². The van der Waals surface area contributed by atoms with Gasteiger partial charge < -0.3 is 20.0 Å². The summed E-state index contributed by atoms with van der Waals surface area (Å²) >= 11 is 0. The lowest BCUT2D eigenvalue weighted by Crippen LogP contribution is -2.45. The van der Waals surface area contributed by atoms with E-state index in [1.54, 1.807) is 17.0 Å². The summed E-state index contributed by atoms with van der Waals surface area (Å²) in [7, 11) is 0. The lowest BCUT2D eigenvalue weighted by Gasteiger charge is -2.28. The molecule has 0 aliphatic carbocycles. The molecular weight excluding hydrogens is 414 g/mol. The van der Waals surface area contributed by atoms with Crippen molar-refractivity contribution in [3.05, 3.63) is 45.0 Å². The van der Waals surface area contributed by atoms with Gasteiger partial charge in [0.2, 0.25) is 11.8 Å². The van der Waals surface area contributed by atoms with Crippen LogP contribution in [0.3, 0.4) is 0 Å². The van der Waals surface area contributed by atoms with Crippen LogP contribution in [0, 0.1) is 11.8 Å². The molecule has 1 saturated heterocycles. The van der Waals surface area contributed by atoms with E-state index in [1.807, 2.05) is 20.8 Å². The molecule has 10 nitrogen and oxygen atoms in total. The van der Waals surface area contributed by atoms with Gasteiger partial charge >= 0.3 is 5.69 Å². The van der Waals surface area contributed by atoms with Gasteiger partial charge in [0.25, 0.3) is 5.56 Å². The van der Waals surface area contributed by atoms with Gasteiger partial charge in [0.1, 0.15) is 11.6 Å². The fourth-order valence-corrected chi connectivity index (χ4v) is 3.93. The van der Waals surface area contributed by atoms with Gasteiger partial charge in [-0.15, -0.1) is 0 Å². The highest BCUT2D eigenvalue weighted by Crippen LogP contribution is 2.26. The summed E-state index contributed by atoms with van der Waals surface area (Å²) in [5.41, 5.74) is 4.91. The highest BCUT2D eigenvalue weighted by atomic mass is 16.3. The Morgan fingerprint density at radius 2 is 2.09 bits per heavy atom. The van der Waals surface area contributed by atoms with Crippen LogP contribution >= 0.6 is 0 Å². The van der Waals surface area contributed by atoms with Crippen LogP contribution in [0.1, 0.15) is 45.8 Å². The average molecular weight is 446 g/mol. The maximum Gasteiger partial charge on any atom is 0.330 e. The Balaban J connectivity index is 1.92. The number of likely N-dealkylation sites (tertiary alicyclic amines) is 1. The minimum Gasteiger partial charge on any atom is -0.467 e. The number of hydrogen-bond donors (Lipinski definition) is 2. The van der Waals surface area contributed by atoms with E-state index in [-0.39, 0.29) is 55.3 Å². The van der Waals surface area contributed by atoms with E-state index < -0.39 is 17.2 Å². The van der Waals surface area contributed by atoms with Crippen LogP contribution in [0.5, 0.6) is 0 Å². The Morgan fingerprint density at radius 1 is 1.34 bits per heavy atom. The smallest absolute Gasteiger partial charge is 0.330 e. The zero-order chi connectivity index (χ0) is 23.4. The van der Waals surface area contributed by atoms with E-state index in [9.17, 15) is 19.2 Å². The van der Waals surface area contributed by atoms with Gasteiger partial charge in [0.15, 0.2) is 5.69 Å². The first kappa shape index (κ1) is 23.4. The summed E-state index contributed by atoms with van der Waals surface area (Å²) in [5.74, 6) is -0.491. The highest BCUT2D eigenvalue weighted by molar-refractivity contribution is 6.00. The summed E-state index contributed by atoms with van der Waals surface area (Å²) in [4.78, 5) is 56.3. The predicted molar refractivity (Wildman–Crippen MR) is 120 cm³/mol. The SMILES string of the molecule is CCCCn1c(N)c(N(CC(C)C)C(=O)[C@H]2CC(=O)N(Cc3ccco3)C2)c(=O)[nH]c1=O. The number of carbonyl (C=O) groups is 2. The molecule has 0 saturated carbocycles. The molecule has 1 atom stereocenters. The lowest BCUT2D eigenvalue weighted by molar-refractivity contribution is -0.129. The number of nitrogens with two attached hydrogens (primary N) is 1. The summed E-state index contributed by atoms with van der Waals surface area (Å²) < 4.78 is 6.61. The van der Waals surface area contributed by atoms with Crippen LogP contribution in [0.25, 0.3) is 0 Å². The van der Waals surface area contributed by atoms with Crippen LogP contribution in [-0.4, -0.2) is 39.4 Å². The van der Waals surface area contributed by atoms with E-state index in [0.29, 0.717) is 18.7 Å². The number of nitrogens with zero attached hydrogens (tertiary/aromatic N) is 3. The summed E-state index contributed by atoms with van der Waals surface area (Å²) in [6.45, 7) is 6.90. The largest absolute Gasteiger partial charge is 0.467 e. The third-order valence-electron chi connectivity index (χ3n) is 5.52. The van der Waals surface area contributed by atoms with Crippen molar-refractivity contribution < 1.29 is 14.0 Å². The first-order valence-electron chi connectivity index (χ1n) is 11.0. The van der Waals surface area contributed by atoms with Crippen LogP contribution in [-0.2, 0) is 22.7 Å². The van der Waals surface area contributed by atoms with Crippen LogP contribution in [0.2, 0.25) is 0 Å². The normalized spacial score (nSPS) is 16.2. The van der Waals surface area contributed by atoms with Crippen molar-refractivity contribution in [1.82, 2.24) is 14.5 Å². The molecule has 174 valence electrons. The van der Waals surface area contributed by atoms with E-state index in [2.05, 4.69) is 4.98 Å². The van der Waals surface area contributed by atoms with Gasteiger partial charge in [-0.25, -0.2) is 4.79 Å². The molecule has 1 aliphatic rings. The van der Waals surface area contributed by atoms with Gasteiger partial charge in [0, 0.05) is 26.1 Å². The number of hydrogen-bond acceptors (Lipinski definition) is 6. The van der Waals surface area contributed by atoms with Gasteiger partial charge in [-0.3, -0.25) is 23.9 Å². The summed E-state index contributed by atoms with van der Waals surface area (Å²) in [5, 5.41) is 0. The Labute approximate surface area is 186 Å². The van der Waals surface area contributed by atoms with Crippen molar-refractivity contribution in [3.63, 3.8) is 0 Å². The summed E-state index contributed by atoms with van der Waals surface area (Å²) in [6.07, 6.45) is 3.12. The molecule has 0 unspecified atom stereocenters. The van der Waals surface area contributed by atoms with E-state index in [1.165, 1.54) is 15.7 Å². The average Bonchev–Trinajstić information content (AvgIpc) is 3.36. The second kappa shape index (κ2) is 9.88. The van der Waals surface area contributed by atoms with Crippen molar-refractivity contribution in [1.29, 1.82) is 0 Å². The number of furan rings is 1. The number of rotatable bonds is 9.